The van der Waals surface area contributed by atoms with Crippen LogP contribution in [0.5, 0.6) is 0 Å². The Kier molecular flexibility index (Phi) is 6.59. The summed E-state index contributed by atoms with van der Waals surface area (Å²) in [4.78, 5) is 19.7. The van der Waals surface area contributed by atoms with E-state index in [1.807, 2.05) is 0 Å². The minimum atomic E-state index is -3.56. The zero-order valence-electron chi connectivity index (χ0n) is 19.5. The van der Waals surface area contributed by atoms with Gasteiger partial charge in [0.2, 0.25) is 10.0 Å². The van der Waals surface area contributed by atoms with Crippen molar-refractivity contribution < 1.29 is 12.8 Å². The second-order valence-corrected chi connectivity index (χ2v) is 10.9. The number of hydrogen-bond donors (Lipinski definition) is 2. The van der Waals surface area contributed by atoms with Crippen molar-refractivity contribution in [2.45, 2.75) is 48.7 Å². The van der Waals surface area contributed by atoms with Gasteiger partial charge in [-0.2, -0.15) is 5.10 Å². The molecule has 11 heteroatoms. The predicted octanol–water partition coefficient (Wildman–Crippen LogP) is 3.42. The molecule has 2 atom stereocenters. The van der Waals surface area contributed by atoms with Crippen LogP contribution in [-0.2, 0) is 15.6 Å². The van der Waals surface area contributed by atoms with Gasteiger partial charge >= 0.3 is 0 Å². The molecule has 1 aromatic carbocycles. The van der Waals surface area contributed by atoms with Crippen molar-refractivity contribution in [3.63, 3.8) is 0 Å². The lowest BCUT2D eigenvalue weighted by Crippen LogP contribution is -2.46. The maximum Gasteiger partial charge on any atom is 0.261 e. The van der Waals surface area contributed by atoms with Gasteiger partial charge in [-0.25, -0.2) is 17.1 Å². The van der Waals surface area contributed by atoms with Gasteiger partial charge in [0.1, 0.15) is 11.6 Å². The number of aromatic amines is 1. The van der Waals surface area contributed by atoms with Gasteiger partial charge in [-0.05, 0) is 43.2 Å². The van der Waals surface area contributed by atoms with Crippen molar-refractivity contribution in [3.8, 4) is 0 Å². The fourth-order valence-electron chi connectivity index (χ4n) is 4.55. The molecular formula is C23H29FN6O3S. The summed E-state index contributed by atoms with van der Waals surface area (Å²) in [6, 6.07) is 7.92. The predicted molar refractivity (Wildman–Crippen MR) is 131 cm³/mol. The number of anilines is 2. The average molecular weight is 489 g/mol. The van der Waals surface area contributed by atoms with E-state index in [4.69, 9.17) is 5.10 Å². The molecule has 0 spiro atoms. The van der Waals surface area contributed by atoms with Crippen LogP contribution in [0.4, 0.5) is 15.9 Å². The number of nitrogens with one attached hydrogen (secondary N) is 2. The zero-order chi connectivity index (χ0) is 24.5. The maximum absolute atomic E-state index is 15.5. The molecule has 4 rings (SSSR count). The van der Waals surface area contributed by atoms with Crippen molar-refractivity contribution in [1.29, 1.82) is 0 Å². The van der Waals surface area contributed by atoms with Crippen molar-refractivity contribution in [1.82, 2.24) is 19.1 Å². The van der Waals surface area contributed by atoms with E-state index in [0.29, 0.717) is 35.9 Å². The largest absolute Gasteiger partial charge is 0.338 e. The highest BCUT2D eigenvalue weighted by Gasteiger charge is 2.44. The molecule has 0 amide bonds. The molecule has 1 saturated carbocycles. The van der Waals surface area contributed by atoms with Crippen LogP contribution in [-0.4, -0.2) is 61.0 Å². The Morgan fingerprint density at radius 2 is 2.03 bits per heavy atom. The van der Waals surface area contributed by atoms with Gasteiger partial charge in [-0.1, -0.05) is 12.8 Å². The maximum atomic E-state index is 15.5. The van der Waals surface area contributed by atoms with Crippen LogP contribution in [0.3, 0.4) is 0 Å². The van der Waals surface area contributed by atoms with E-state index in [9.17, 15) is 13.2 Å². The first-order valence-electron chi connectivity index (χ1n) is 11.2. The Hall–Kier alpha value is -3.05. The third kappa shape index (κ3) is 4.14. The third-order valence-electron chi connectivity index (χ3n) is 6.45. The molecule has 0 radical (unpaired) electrons. The summed E-state index contributed by atoms with van der Waals surface area (Å²) < 4.78 is 43.0. The molecule has 1 aliphatic carbocycles. The fourth-order valence-corrected chi connectivity index (χ4v) is 5.45. The van der Waals surface area contributed by atoms with E-state index in [1.54, 1.807) is 36.1 Å². The van der Waals surface area contributed by atoms with Gasteiger partial charge in [0.15, 0.2) is 5.82 Å². The Morgan fingerprint density at radius 3 is 2.68 bits per heavy atom. The first kappa shape index (κ1) is 24.1. The van der Waals surface area contributed by atoms with Gasteiger partial charge in [0.05, 0.1) is 16.0 Å². The molecule has 34 heavy (non-hydrogen) atoms. The number of halogens is 1. The zero-order valence-corrected chi connectivity index (χ0v) is 20.3. The van der Waals surface area contributed by atoms with Crippen LogP contribution in [0.2, 0.25) is 0 Å². The highest BCUT2D eigenvalue weighted by atomic mass is 32.2. The van der Waals surface area contributed by atoms with Crippen molar-refractivity contribution in [3.05, 3.63) is 46.9 Å². The molecule has 2 heterocycles. The molecule has 2 N–H and O–H groups in total. The van der Waals surface area contributed by atoms with Crippen LogP contribution in [0, 0.1) is 0 Å². The number of aliphatic imine (C=N–C) groups is 1. The van der Waals surface area contributed by atoms with Gasteiger partial charge in [-0.3, -0.25) is 9.48 Å². The Balaban J connectivity index is 1.80. The number of hydrogen-bond acceptors (Lipinski definition) is 6. The smallest absolute Gasteiger partial charge is 0.261 e. The second-order valence-electron chi connectivity index (χ2n) is 8.73. The number of aromatic nitrogens is 3. The van der Waals surface area contributed by atoms with Crippen molar-refractivity contribution >= 4 is 38.6 Å². The van der Waals surface area contributed by atoms with Crippen LogP contribution < -0.4 is 10.9 Å². The van der Waals surface area contributed by atoms with Gasteiger partial charge in [0.25, 0.3) is 5.56 Å². The molecule has 1 fully saturated rings. The number of pyridine rings is 1. The normalized spacial score (nSPS) is 21.5. The van der Waals surface area contributed by atoms with E-state index in [1.165, 1.54) is 32.4 Å². The highest BCUT2D eigenvalue weighted by Crippen LogP contribution is 2.42. The fraction of sp³-hybridized carbons (Fsp3) is 0.435. The van der Waals surface area contributed by atoms with E-state index in [2.05, 4.69) is 15.3 Å². The molecule has 0 unspecified atom stereocenters. The first-order valence-corrected chi connectivity index (χ1v) is 12.6. The summed E-state index contributed by atoms with van der Waals surface area (Å²) in [7, 11) is 1.03. The summed E-state index contributed by atoms with van der Waals surface area (Å²) in [5.74, 6) is 0.283. The lowest BCUT2D eigenvalue weighted by molar-refractivity contribution is 0.0644. The van der Waals surface area contributed by atoms with Crippen molar-refractivity contribution in [2.24, 2.45) is 4.99 Å². The van der Waals surface area contributed by atoms with Crippen LogP contribution in [0.25, 0.3) is 10.9 Å². The monoisotopic (exact) mass is 488 g/mol. The number of sulfonamides is 1. The second kappa shape index (κ2) is 9.30. The van der Waals surface area contributed by atoms with E-state index < -0.39 is 21.7 Å². The summed E-state index contributed by atoms with van der Waals surface area (Å²) in [6.45, 7) is 0. The molecule has 0 aliphatic heterocycles. The number of fused-ring (bicyclic) bond motifs is 1. The lowest BCUT2D eigenvalue weighted by atomic mass is 9.78. The SMILES string of the molecule is C/N=C\C[C@]1(n2nc(Nc3ccc(S(=O)(=O)N(C)C)cc3)c3c(=O)[nH]ccc32)CCCC[C@H]1F. The molecular weight excluding hydrogens is 459 g/mol. The molecule has 9 nitrogen and oxygen atoms in total. The van der Waals surface area contributed by atoms with Gasteiger partial charge < -0.3 is 15.3 Å². The van der Waals surface area contributed by atoms with Crippen LogP contribution in [0.1, 0.15) is 32.1 Å². The molecule has 3 aromatic rings. The molecule has 0 bridgehead atoms. The van der Waals surface area contributed by atoms with Crippen LogP contribution >= 0.6 is 0 Å². The quantitative estimate of drug-likeness (QED) is 0.495. The minimum absolute atomic E-state index is 0.150. The summed E-state index contributed by atoms with van der Waals surface area (Å²) in [5.41, 5.74) is -0.194. The summed E-state index contributed by atoms with van der Waals surface area (Å²) >= 11 is 0. The van der Waals surface area contributed by atoms with E-state index in [-0.39, 0.29) is 16.3 Å². The molecule has 0 saturated heterocycles. The Labute approximate surface area is 197 Å². The van der Waals surface area contributed by atoms with E-state index >= 15 is 4.39 Å². The molecule has 1 aliphatic rings. The molecule has 2 aromatic heterocycles. The minimum Gasteiger partial charge on any atom is -0.338 e. The number of benzene rings is 1. The first-order chi connectivity index (χ1) is 16.2. The number of alkyl halides is 1. The van der Waals surface area contributed by atoms with Crippen LogP contribution in [0.15, 0.2) is 51.2 Å². The average Bonchev–Trinajstić information content (AvgIpc) is 3.19. The van der Waals surface area contributed by atoms with Gasteiger partial charge in [0, 0.05) is 45.7 Å². The number of nitrogens with zero attached hydrogens (tertiary/aromatic N) is 4. The van der Waals surface area contributed by atoms with E-state index in [0.717, 1.165) is 17.1 Å². The Bertz CT molecular complexity index is 1360. The number of H-pyrrole nitrogens is 1. The standard InChI is InChI=1S/C23H29FN6O3S/c1-25-15-13-23(12-5-4-6-19(23)24)30-18-11-14-26-22(31)20(18)21(28-30)27-16-7-9-17(10-8-16)34(32,33)29(2)3/h7-11,14-15,19H,4-6,12-13H2,1-3H3,(H,26,31)(H,27,28)/b25-15-/t19-,23-/m1/s1. The number of rotatable bonds is 7. The summed E-state index contributed by atoms with van der Waals surface area (Å²) in [5, 5.41) is 8.15. The lowest BCUT2D eigenvalue weighted by Gasteiger charge is -2.40. The molecule has 182 valence electrons. The van der Waals surface area contributed by atoms with Crippen molar-refractivity contribution in [2.75, 3.05) is 26.5 Å². The van der Waals surface area contributed by atoms with Gasteiger partial charge in [-0.15, -0.1) is 0 Å². The third-order valence-corrected chi connectivity index (χ3v) is 8.28. The highest BCUT2D eigenvalue weighted by molar-refractivity contribution is 7.89. The Morgan fingerprint density at radius 1 is 1.29 bits per heavy atom. The topological polar surface area (TPSA) is 112 Å². The summed E-state index contributed by atoms with van der Waals surface area (Å²) in [6.07, 6.45) is 5.13.